The molecule has 0 bridgehead atoms. The fourth-order valence-corrected chi connectivity index (χ4v) is 2.94. The summed E-state index contributed by atoms with van der Waals surface area (Å²) < 4.78 is 1.93. The number of amides is 1. The average molecular weight is 278 g/mol. The summed E-state index contributed by atoms with van der Waals surface area (Å²) in [5, 5.41) is 7.58. The summed E-state index contributed by atoms with van der Waals surface area (Å²) in [5.74, 6) is 0.693. The maximum absolute atomic E-state index is 12.6. The Labute approximate surface area is 121 Å². The molecule has 1 aromatic rings. The largest absolute Gasteiger partial charge is 0.338 e. The van der Waals surface area contributed by atoms with E-state index in [1.54, 1.807) is 6.20 Å². The molecule has 1 N–H and O–H groups in total. The van der Waals surface area contributed by atoms with Crippen LogP contribution in [0.1, 0.15) is 43.2 Å². The zero-order chi connectivity index (χ0) is 14.9. The number of nitrogens with zero attached hydrogens (tertiary/aromatic N) is 3. The smallest absolute Gasteiger partial charge is 0.257 e. The topological polar surface area (TPSA) is 50.2 Å². The van der Waals surface area contributed by atoms with Crippen LogP contribution >= 0.6 is 0 Å². The van der Waals surface area contributed by atoms with Gasteiger partial charge in [-0.1, -0.05) is 0 Å². The highest BCUT2D eigenvalue weighted by Crippen LogP contribution is 2.22. The van der Waals surface area contributed by atoms with E-state index in [1.165, 1.54) is 0 Å². The van der Waals surface area contributed by atoms with Crippen LogP contribution in [-0.4, -0.2) is 47.3 Å². The lowest BCUT2D eigenvalue weighted by Crippen LogP contribution is -2.31. The Morgan fingerprint density at radius 2 is 2.20 bits per heavy atom. The molecule has 20 heavy (non-hydrogen) atoms. The third kappa shape index (κ3) is 2.87. The quantitative estimate of drug-likeness (QED) is 0.914. The molecular weight excluding hydrogens is 252 g/mol. The van der Waals surface area contributed by atoms with E-state index in [-0.39, 0.29) is 11.4 Å². The zero-order valence-electron chi connectivity index (χ0n) is 13.2. The van der Waals surface area contributed by atoms with E-state index in [9.17, 15) is 4.79 Å². The molecule has 1 aliphatic rings. The first-order valence-electron chi connectivity index (χ1n) is 7.33. The minimum atomic E-state index is -0.0950. The molecule has 5 nitrogen and oxygen atoms in total. The van der Waals surface area contributed by atoms with Crippen molar-refractivity contribution in [1.82, 2.24) is 20.0 Å². The Kier molecular flexibility index (Phi) is 4.18. The van der Waals surface area contributed by atoms with E-state index in [4.69, 9.17) is 0 Å². The Morgan fingerprint density at radius 1 is 1.50 bits per heavy atom. The van der Waals surface area contributed by atoms with Gasteiger partial charge in [0.25, 0.3) is 5.91 Å². The molecule has 0 spiro atoms. The van der Waals surface area contributed by atoms with Gasteiger partial charge in [0.05, 0.1) is 17.3 Å². The summed E-state index contributed by atoms with van der Waals surface area (Å²) in [6.07, 6.45) is 2.80. The second-order valence-corrected chi connectivity index (χ2v) is 6.69. The van der Waals surface area contributed by atoms with Crippen LogP contribution in [0.5, 0.6) is 0 Å². The summed E-state index contributed by atoms with van der Waals surface area (Å²) in [7, 11) is 1.96. The summed E-state index contributed by atoms with van der Waals surface area (Å²) in [6.45, 7) is 10.9. The Morgan fingerprint density at radius 3 is 2.75 bits per heavy atom. The van der Waals surface area contributed by atoms with E-state index in [0.717, 1.165) is 37.3 Å². The van der Waals surface area contributed by atoms with Gasteiger partial charge in [-0.25, -0.2) is 0 Å². The fraction of sp³-hybridized carbons (Fsp3) is 0.733. The van der Waals surface area contributed by atoms with Gasteiger partial charge < -0.3 is 10.2 Å². The fourth-order valence-electron chi connectivity index (χ4n) is 2.94. The van der Waals surface area contributed by atoms with E-state index < -0.39 is 0 Å². The number of nitrogens with one attached hydrogen (secondary N) is 1. The van der Waals surface area contributed by atoms with Gasteiger partial charge in [-0.05, 0) is 53.6 Å². The first-order valence-corrected chi connectivity index (χ1v) is 7.33. The van der Waals surface area contributed by atoms with Crippen molar-refractivity contribution in [2.45, 2.75) is 39.7 Å². The predicted octanol–water partition coefficient (Wildman–Crippen LogP) is 1.63. The van der Waals surface area contributed by atoms with Crippen LogP contribution in [0.25, 0.3) is 0 Å². The molecule has 0 aliphatic carbocycles. The first-order chi connectivity index (χ1) is 9.34. The first kappa shape index (κ1) is 15.0. The Balaban J connectivity index is 2.13. The van der Waals surface area contributed by atoms with Gasteiger partial charge in [0.1, 0.15) is 0 Å². The molecule has 1 saturated heterocycles. The van der Waals surface area contributed by atoms with Crippen LogP contribution in [-0.2, 0) is 5.54 Å². The molecule has 1 fully saturated rings. The minimum Gasteiger partial charge on any atom is -0.338 e. The highest BCUT2D eigenvalue weighted by atomic mass is 16.2. The lowest BCUT2D eigenvalue weighted by Gasteiger charge is -2.22. The summed E-state index contributed by atoms with van der Waals surface area (Å²) in [4.78, 5) is 14.6. The third-order valence-corrected chi connectivity index (χ3v) is 3.94. The predicted molar refractivity (Wildman–Crippen MR) is 79.9 cm³/mol. The van der Waals surface area contributed by atoms with Crippen LogP contribution < -0.4 is 5.32 Å². The van der Waals surface area contributed by atoms with Gasteiger partial charge in [-0.3, -0.25) is 9.48 Å². The van der Waals surface area contributed by atoms with Crippen molar-refractivity contribution in [1.29, 1.82) is 0 Å². The van der Waals surface area contributed by atoms with E-state index in [1.807, 2.05) is 23.6 Å². The normalized spacial score (nSPS) is 19.6. The van der Waals surface area contributed by atoms with Crippen LogP contribution in [0.3, 0.4) is 0 Å². The van der Waals surface area contributed by atoms with Crippen molar-refractivity contribution in [3.05, 3.63) is 17.5 Å². The maximum atomic E-state index is 12.6. The highest BCUT2D eigenvalue weighted by molar-refractivity contribution is 5.95. The maximum Gasteiger partial charge on any atom is 0.257 e. The molecule has 1 atom stereocenters. The Hall–Kier alpha value is -1.36. The van der Waals surface area contributed by atoms with Gasteiger partial charge in [0, 0.05) is 18.8 Å². The molecule has 2 heterocycles. The van der Waals surface area contributed by atoms with E-state index in [2.05, 4.69) is 31.2 Å². The monoisotopic (exact) mass is 278 g/mol. The molecule has 112 valence electrons. The molecule has 0 aromatic carbocycles. The number of hydrogen-bond donors (Lipinski definition) is 1. The molecule has 1 aromatic heterocycles. The number of carbonyl (C=O) groups excluding carboxylic acids is 1. The van der Waals surface area contributed by atoms with Crippen LogP contribution in [0.2, 0.25) is 0 Å². The van der Waals surface area contributed by atoms with Crippen LogP contribution in [0.4, 0.5) is 0 Å². The summed E-state index contributed by atoms with van der Waals surface area (Å²) in [6, 6.07) is 0. The number of carbonyl (C=O) groups is 1. The van der Waals surface area contributed by atoms with Gasteiger partial charge in [-0.15, -0.1) is 0 Å². The van der Waals surface area contributed by atoms with Gasteiger partial charge in [0.15, 0.2) is 0 Å². The van der Waals surface area contributed by atoms with Gasteiger partial charge in [-0.2, -0.15) is 5.10 Å². The number of aromatic nitrogens is 2. The van der Waals surface area contributed by atoms with Gasteiger partial charge in [0.2, 0.25) is 0 Å². The zero-order valence-corrected chi connectivity index (χ0v) is 13.2. The van der Waals surface area contributed by atoms with Crippen molar-refractivity contribution < 1.29 is 4.79 Å². The molecule has 2 rings (SSSR count). The lowest BCUT2D eigenvalue weighted by molar-refractivity contribution is 0.0786. The molecule has 0 radical (unpaired) electrons. The SMILES string of the molecule is CNCC1CCN(C(=O)c2cnn(C(C)(C)C)c2C)C1. The highest BCUT2D eigenvalue weighted by Gasteiger charge is 2.29. The second kappa shape index (κ2) is 5.56. The number of hydrogen-bond acceptors (Lipinski definition) is 3. The average Bonchev–Trinajstić information content (AvgIpc) is 2.95. The van der Waals surface area contributed by atoms with Gasteiger partial charge >= 0.3 is 0 Å². The van der Waals surface area contributed by atoms with E-state index in [0.29, 0.717) is 5.92 Å². The second-order valence-electron chi connectivity index (χ2n) is 6.69. The number of likely N-dealkylation sites (tertiary alicyclic amines) is 1. The van der Waals surface area contributed by atoms with Crippen molar-refractivity contribution in [3.8, 4) is 0 Å². The molecule has 5 heteroatoms. The van der Waals surface area contributed by atoms with Crippen LogP contribution in [0, 0.1) is 12.8 Å². The number of rotatable bonds is 3. The van der Waals surface area contributed by atoms with Crippen molar-refractivity contribution in [3.63, 3.8) is 0 Å². The minimum absolute atomic E-state index is 0.0950. The molecule has 0 saturated carbocycles. The van der Waals surface area contributed by atoms with Crippen LogP contribution in [0.15, 0.2) is 6.20 Å². The Bertz CT molecular complexity index is 487. The summed E-state index contributed by atoms with van der Waals surface area (Å²) >= 11 is 0. The molecule has 1 aliphatic heterocycles. The van der Waals surface area contributed by atoms with E-state index >= 15 is 0 Å². The summed E-state index contributed by atoms with van der Waals surface area (Å²) in [5.41, 5.74) is 1.60. The molecular formula is C15H26N4O. The molecule has 1 unspecified atom stereocenters. The third-order valence-electron chi connectivity index (χ3n) is 3.94. The molecule has 1 amide bonds. The van der Waals surface area contributed by atoms with Crippen molar-refractivity contribution >= 4 is 5.91 Å². The lowest BCUT2D eigenvalue weighted by atomic mass is 10.1. The van der Waals surface area contributed by atoms with Crippen molar-refractivity contribution in [2.75, 3.05) is 26.7 Å². The van der Waals surface area contributed by atoms with Crippen molar-refractivity contribution in [2.24, 2.45) is 5.92 Å². The standard InChI is InChI=1S/C15H26N4O/c1-11-13(9-17-19(11)15(2,3)4)14(20)18-7-6-12(10-18)8-16-5/h9,12,16H,6-8,10H2,1-5H3.